The monoisotopic (exact) mass is 484 g/mol. The molecule has 2 N–H and O–H groups in total. The molecule has 1 aromatic carbocycles. The van der Waals surface area contributed by atoms with E-state index < -0.39 is 0 Å². The van der Waals surface area contributed by atoms with Crippen LogP contribution in [0, 0.1) is 0 Å². The molecule has 6 nitrogen and oxygen atoms in total. The van der Waals surface area contributed by atoms with Crippen LogP contribution in [0.25, 0.3) is 0 Å². The van der Waals surface area contributed by atoms with Crippen molar-refractivity contribution in [3.63, 3.8) is 0 Å². The normalized spacial score (nSPS) is 11.4. The van der Waals surface area contributed by atoms with Crippen molar-refractivity contribution in [3.05, 3.63) is 53.7 Å². The van der Waals surface area contributed by atoms with Crippen molar-refractivity contribution in [1.29, 1.82) is 0 Å². The van der Waals surface area contributed by atoms with Crippen molar-refractivity contribution in [2.24, 2.45) is 4.99 Å². The van der Waals surface area contributed by atoms with Crippen molar-refractivity contribution in [2.45, 2.75) is 39.5 Å². The fraction of sp³-hybridized carbons (Fsp3) is 0.400. The molecule has 7 heteroatoms. The van der Waals surface area contributed by atoms with Gasteiger partial charge in [0.25, 0.3) is 0 Å². The van der Waals surface area contributed by atoms with Gasteiger partial charge in [-0.2, -0.15) is 0 Å². The Kier molecular flexibility index (Phi) is 9.34. The molecule has 0 spiro atoms. The Hall–Kier alpha value is -2.03. The van der Waals surface area contributed by atoms with Crippen LogP contribution >= 0.6 is 24.0 Å². The van der Waals surface area contributed by atoms with E-state index in [4.69, 9.17) is 9.47 Å². The molecule has 27 heavy (non-hydrogen) atoms. The van der Waals surface area contributed by atoms with Crippen molar-refractivity contribution >= 4 is 29.9 Å². The van der Waals surface area contributed by atoms with E-state index in [-0.39, 0.29) is 29.6 Å². The van der Waals surface area contributed by atoms with Crippen molar-refractivity contribution < 1.29 is 9.47 Å². The Morgan fingerprint density at radius 3 is 2.48 bits per heavy atom. The minimum absolute atomic E-state index is 0. The van der Waals surface area contributed by atoms with E-state index in [0.29, 0.717) is 24.9 Å². The fourth-order valence-electron chi connectivity index (χ4n) is 2.34. The second kappa shape index (κ2) is 11.0. The summed E-state index contributed by atoms with van der Waals surface area (Å²) in [5, 5.41) is 6.61. The number of aliphatic imine (C=N–C) groups is 1. The molecule has 148 valence electrons. The number of hydrogen-bond acceptors (Lipinski definition) is 4. The van der Waals surface area contributed by atoms with Crippen LogP contribution in [0.4, 0.5) is 0 Å². The molecule has 1 aromatic heterocycles. The first-order valence-corrected chi connectivity index (χ1v) is 8.61. The van der Waals surface area contributed by atoms with Gasteiger partial charge in [0.15, 0.2) is 5.96 Å². The van der Waals surface area contributed by atoms with E-state index in [9.17, 15) is 0 Å². The molecule has 2 aromatic rings. The number of pyridine rings is 1. The number of nitrogens with one attached hydrogen (secondary N) is 2. The number of guanidine groups is 1. The molecule has 0 bridgehead atoms. The lowest BCUT2D eigenvalue weighted by atomic mass is 10.1. The molecule has 0 atom stereocenters. The van der Waals surface area contributed by atoms with Gasteiger partial charge < -0.3 is 20.1 Å². The molecular formula is C20H29IN4O2. The molecule has 0 amide bonds. The zero-order chi connectivity index (χ0) is 19.0. The van der Waals surface area contributed by atoms with Crippen LogP contribution < -0.4 is 20.1 Å². The number of aromatic nitrogens is 1. The molecule has 0 aliphatic carbocycles. The third-order valence-corrected chi connectivity index (χ3v) is 3.53. The summed E-state index contributed by atoms with van der Waals surface area (Å²) in [5.41, 5.74) is 1.91. The first kappa shape index (κ1) is 23.0. The summed E-state index contributed by atoms with van der Waals surface area (Å²) >= 11 is 0. The minimum Gasteiger partial charge on any atom is -0.488 e. The zero-order valence-electron chi connectivity index (χ0n) is 16.6. The summed E-state index contributed by atoms with van der Waals surface area (Å²) in [6.45, 7) is 7.37. The minimum atomic E-state index is -0.240. The maximum atomic E-state index is 6.03. The highest BCUT2D eigenvalue weighted by atomic mass is 127. The topological polar surface area (TPSA) is 67.8 Å². The van der Waals surface area contributed by atoms with Gasteiger partial charge in [0, 0.05) is 38.0 Å². The zero-order valence-corrected chi connectivity index (χ0v) is 18.9. The van der Waals surface area contributed by atoms with Crippen molar-refractivity contribution in [3.8, 4) is 11.6 Å². The lowest BCUT2D eigenvalue weighted by molar-refractivity contribution is 0.129. The highest BCUT2D eigenvalue weighted by molar-refractivity contribution is 14.0. The molecule has 0 aliphatic heterocycles. The predicted molar refractivity (Wildman–Crippen MR) is 120 cm³/mol. The SMILES string of the molecule is CN=C(NCc1ccnc(OC)c1)NCc1ccccc1OC(C)(C)C.I. The number of halogens is 1. The Labute approximate surface area is 178 Å². The Bertz CT molecular complexity index is 745. The smallest absolute Gasteiger partial charge is 0.213 e. The van der Waals surface area contributed by atoms with E-state index in [0.717, 1.165) is 16.9 Å². The fourth-order valence-corrected chi connectivity index (χ4v) is 2.34. The van der Waals surface area contributed by atoms with E-state index in [1.807, 2.05) is 51.1 Å². The van der Waals surface area contributed by atoms with Crippen LogP contribution in [0.2, 0.25) is 0 Å². The number of rotatable bonds is 6. The van der Waals surface area contributed by atoms with Gasteiger partial charge in [-0.25, -0.2) is 4.98 Å². The van der Waals surface area contributed by atoms with Gasteiger partial charge in [-0.05, 0) is 38.5 Å². The highest BCUT2D eigenvalue weighted by Gasteiger charge is 2.14. The van der Waals surface area contributed by atoms with Crippen LogP contribution in [-0.4, -0.2) is 30.7 Å². The number of ether oxygens (including phenoxy) is 2. The molecule has 0 radical (unpaired) electrons. The molecular weight excluding hydrogens is 455 g/mol. The average molecular weight is 484 g/mol. The lowest BCUT2D eigenvalue weighted by Crippen LogP contribution is -2.36. The predicted octanol–water partition coefficient (Wildman–Crippen LogP) is 3.75. The summed E-state index contributed by atoms with van der Waals surface area (Å²) in [6, 6.07) is 11.9. The first-order valence-electron chi connectivity index (χ1n) is 8.61. The van der Waals surface area contributed by atoms with E-state index in [1.54, 1.807) is 20.4 Å². The number of benzene rings is 1. The molecule has 0 fully saturated rings. The van der Waals surface area contributed by atoms with Crippen molar-refractivity contribution in [2.75, 3.05) is 14.2 Å². The Morgan fingerprint density at radius 1 is 1.11 bits per heavy atom. The summed E-state index contributed by atoms with van der Waals surface area (Å²) in [6.07, 6.45) is 1.73. The summed E-state index contributed by atoms with van der Waals surface area (Å²) in [5.74, 6) is 2.19. The van der Waals surface area contributed by atoms with Crippen LogP contribution in [0.5, 0.6) is 11.6 Å². The first-order chi connectivity index (χ1) is 12.4. The van der Waals surface area contributed by atoms with Crippen LogP contribution in [0.3, 0.4) is 0 Å². The third-order valence-electron chi connectivity index (χ3n) is 3.53. The third kappa shape index (κ3) is 8.03. The van der Waals surface area contributed by atoms with Gasteiger partial charge in [0.1, 0.15) is 11.4 Å². The van der Waals surface area contributed by atoms with Crippen molar-refractivity contribution in [1.82, 2.24) is 15.6 Å². The number of nitrogens with zero attached hydrogens (tertiary/aromatic N) is 2. The summed E-state index contributed by atoms with van der Waals surface area (Å²) in [4.78, 5) is 8.38. The van der Waals surface area contributed by atoms with E-state index in [1.165, 1.54) is 0 Å². The van der Waals surface area contributed by atoms with Gasteiger partial charge in [-0.1, -0.05) is 18.2 Å². The molecule has 1 heterocycles. The van der Waals surface area contributed by atoms with E-state index >= 15 is 0 Å². The maximum absolute atomic E-state index is 6.03. The standard InChI is InChI=1S/C20H28N4O2.HI/c1-20(2,3)26-17-9-7-6-8-16(17)14-24-19(21-4)23-13-15-10-11-22-18(12-15)25-5;/h6-12H,13-14H2,1-5H3,(H2,21,23,24);1H. The maximum Gasteiger partial charge on any atom is 0.213 e. The Morgan fingerprint density at radius 2 is 1.81 bits per heavy atom. The van der Waals surface area contributed by atoms with E-state index in [2.05, 4.69) is 26.7 Å². The summed E-state index contributed by atoms with van der Waals surface area (Å²) < 4.78 is 11.2. The lowest BCUT2D eigenvalue weighted by Gasteiger charge is -2.23. The molecule has 0 unspecified atom stereocenters. The molecule has 2 rings (SSSR count). The van der Waals surface area contributed by atoms with Gasteiger partial charge in [0.05, 0.1) is 7.11 Å². The van der Waals surface area contributed by atoms with Gasteiger partial charge in [-0.3, -0.25) is 4.99 Å². The number of methoxy groups -OCH3 is 1. The number of para-hydroxylation sites is 1. The average Bonchev–Trinajstić information content (AvgIpc) is 2.62. The molecule has 0 saturated carbocycles. The second-order valence-electron chi connectivity index (χ2n) is 6.81. The summed E-state index contributed by atoms with van der Waals surface area (Å²) in [7, 11) is 3.36. The number of hydrogen-bond donors (Lipinski definition) is 2. The van der Waals surface area contributed by atoms with Crippen LogP contribution in [-0.2, 0) is 13.1 Å². The largest absolute Gasteiger partial charge is 0.488 e. The van der Waals surface area contributed by atoms with Gasteiger partial charge in [-0.15, -0.1) is 24.0 Å². The van der Waals surface area contributed by atoms with Crippen LogP contribution in [0.1, 0.15) is 31.9 Å². The van der Waals surface area contributed by atoms with Crippen LogP contribution in [0.15, 0.2) is 47.6 Å². The molecule has 0 saturated heterocycles. The Balaban J connectivity index is 0.00000364. The quantitative estimate of drug-likeness (QED) is 0.372. The van der Waals surface area contributed by atoms with Gasteiger partial charge in [0.2, 0.25) is 5.88 Å². The highest BCUT2D eigenvalue weighted by Crippen LogP contribution is 2.22. The molecule has 0 aliphatic rings. The van der Waals surface area contributed by atoms with Gasteiger partial charge >= 0.3 is 0 Å². The second-order valence-corrected chi connectivity index (χ2v) is 6.81.